The molecule has 0 aromatic heterocycles. The van der Waals surface area contributed by atoms with Crippen molar-refractivity contribution in [3.63, 3.8) is 0 Å². The van der Waals surface area contributed by atoms with Crippen molar-refractivity contribution in [2.24, 2.45) is 0 Å². The number of hydrogen-bond donors (Lipinski definition) is 1. The average molecular weight is 300 g/mol. The third-order valence-electron chi connectivity index (χ3n) is 4.07. The maximum absolute atomic E-state index is 9.85. The molecule has 3 aromatic carbocycles. The van der Waals surface area contributed by atoms with Gasteiger partial charge in [0.25, 0.3) is 0 Å². The molecule has 3 aromatic rings. The number of phenols is 1. The van der Waals surface area contributed by atoms with Crippen molar-refractivity contribution in [1.82, 2.24) is 0 Å². The second-order valence-corrected chi connectivity index (χ2v) is 5.63. The fourth-order valence-electron chi connectivity index (χ4n) is 3.05. The van der Waals surface area contributed by atoms with Crippen molar-refractivity contribution in [2.75, 3.05) is 0 Å². The monoisotopic (exact) mass is 300 g/mol. The molecule has 0 atom stereocenters. The van der Waals surface area contributed by atoms with Gasteiger partial charge in [-0.3, -0.25) is 0 Å². The molecular formula is C22H20O. The zero-order chi connectivity index (χ0) is 16.1. The van der Waals surface area contributed by atoms with Crippen LogP contribution in [-0.4, -0.2) is 5.11 Å². The maximum atomic E-state index is 9.85. The standard InChI is InChI=1S/C22H20O/c1-2-9-19-16-20(23)14-15-21(19)22(17-10-5-3-6-11-17)18-12-7-4-8-13-18/h2-8,10-16,22-23H,1,9H2. The van der Waals surface area contributed by atoms with E-state index in [1.807, 2.05) is 30.3 Å². The molecule has 0 saturated heterocycles. The van der Waals surface area contributed by atoms with Crippen molar-refractivity contribution >= 4 is 0 Å². The van der Waals surface area contributed by atoms with Gasteiger partial charge in [-0.05, 0) is 40.8 Å². The quantitative estimate of drug-likeness (QED) is 0.500. The SMILES string of the molecule is C=CCc1cc(O)ccc1C(c1ccccc1)c1ccccc1. The first kappa shape index (κ1) is 15.1. The summed E-state index contributed by atoms with van der Waals surface area (Å²) in [5, 5.41) is 9.85. The van der Waals surface area contributed by atoms with Crippen LogP contribution >= 0.6 is 0 Å². The molecule has 0 radical (unpaired) electrons. The highest BCUT2D eigenvalue weighted by Gasteiger charge is 2.19. The Kier molecular flexibility index (Phi) is 4.58. The Balaban J connectivity index is 2.19. The van der Waals surface area contributed by atoms with E-state index in [4.69, 9.17) is 0 Å². The van der Waals surface area contributed by atoms with Gasteiger partial charge in [-0.1, -0.05) is 72.8 Å². The molecule has 0 unspecified atom stereocenters. The van der Waals surface area contributed by atoms with Gasteiger partial charge < -0.3 is 5.11 Å². The van der Waals surface area contributed by atoms with Gasteiger partial charge in [-0.2, -0.15) is 0 Å². The molecule has 1 nitrogen and oxygen atoms in total. The molecule has 0 bridgehead atoms. The molecule has 3 rings (SSSR count). The van der Waals surface area contributed by atoms with Crippen LogP contribution in [0.4, 0.5) is 0 Å². The van der Waals surface area contributed by atoms with E-state index in [2.05, 4.69) is 55.1 Å². The highest BCUT2D eigenvalue weighted by molar-refractivity contribution is 5.48. The minimum atomic E-state index is 0.146. The number of rotatable bonds is 5. The summed E-state index contributed by atoms with van der Waals surface area (Å²) >= 11 is 0. The number of allylic oxidation sites excluding steroid dienone is 1. The third-order valence-corrected chi connectivity index (χ3v) is 4.07. The van der Waals surface area contributed by atoms with E-state index in [0.717, 1.165) is 12.0 Å². The summed E-state index contributed by atoms with van der Waals surface area (Å²) in [4.78, 5) is 0. The zero-order valence-electron chi connectivity index (χ0n) is 13.0. The van der Waals surface area contributed by atoms with Crippen LogP contribution in [0.15, 0.2) is 91.5 Å². The van der Waals surface area contributed by atoms with E-state index in [9.17, 15) is 5.11 Å². The summed E-state index contributed by atoms with van der Waals surface area (Å²) in [6.45, 7) is 3.85. The lowest BCUT2D eigenvalue weighted by atomic mass is 9.82. The van der Waals surface area contributed by atoms with E-state index in [1.165, 1.54) is 16.7 Å². The largest absolute Gasteiger partial charge is 0.508 e. The predicted molar refractivity (Wildman–Crippen MR) is 95.8 cm³/mol. The molecule has 1 N–H and O–H groups in total. The molecule has 0 spiro atoms. The highest BCUT2D eigenvalue weighted by Crippen LogP contribution is 2.35. The lowest BCUT2D eigenvalue weighted by Crippen LogP contribution is -2.06. The molecule has 0 aliphatic carbocycles. The van der Waals surface area contributed by atoms with Crippen molar-refractivity contribution in [3.8, 4) is 5.75 Å². The van der Waals surface area contributed by atoms with Crippen LogP contribution in [0.1, 0.15) is 28.2 Å². The number of benzene rings is 3. The lowest BCUT2D eigenvalue weighted by molar-refractivity contribution is 0.474. The van der Waals surface area contributed by atoms with Crippen LogP contribution in [0.25, 0.3) is 0 Å². The van der Waals surface area contributed by atoms with Gasteiger partial charge in [0.2, 0.25) is 0 Å². The van der Waals surface area contributed by atoms with Crippen molar-refractivity contribution in [3.05, 3.63) is 114 Å². The topological polar surface area (TPSA) is 20.2 Å². The molecule has 0 saturated carbocycles. The normalized spacial score (nSPS) is 10.7. The Hall–Kier alpha value is -2.80. The molecule has 114 valence electrons. The summed E-state index contributed by atoms with van der Waals surface area (Å²) in [6.07, 6.45) is 2.62. The highest BCUT2D eigenvalue weighted by atomic mass is 16.3. The molecule has 0 amide bonds. The molecule has 1 heteroatoms. The molecule has 0 aliphatic heterocycles. The van der Waals surface area contributed by atoms with Gasteiger partial charge in [-0.15, -0.1) is 6.58 Å². The Morgan fingerprint density at radius 1 is 0.826 bits per heavy atom. The minimum absolute atomic E-state index is 0.146. The number of aromatic hydroxyl groups is 1. The van der Waals surface area contributed by atoms with E-state index in [0.29, 0.717) is 5.75 Å². The van der Waals surface area contributed by atoms with Crippen molar-refractivity contribution in [1.29, 1.82) is 0 Å². The van der Waals surface area contributed by atoms with Crippen LogP contribution in [-0.2, 0) is 6.42 Å². The lowest BCUT2D eigenvalue weighted by Gasteiger charge is -2.22. The summed E-state index contributed by atoms with van der Waals surface area (Å²) in [5.74, 6) is 0.443. The molecule has 0 heterocycles. The van der Waals surface area contributed by atoms with Crippen molar-refractivity contribution in [2.45, 2.75) is 12.3 Å². The second-order valence-electron chi connectivity index (χ2n) is 5.63. The fourth-order valence-corrected chi connectivity index (χ4v) is 3.05. The summed E-state index contributed by atoms with van der Waals surface area (Å²) in [7, 11) is 0. The first-order valence-electron chi connectivity index (χ1n) is 7.82. The van der Waals surface area contributed by atoms with E-state index in [1.54, 1.807) is 6.07 Å². The summed E-state index contributed by atoms with van der Waals surface area (Å²) < 4.78 is 0. The average Bonchev–Trinajstić information content (AvgIpc) is 2.59. The van der Waals surface area contributed by atoms with Gasteiger partial charge in [0, 0.05) is 5.92 Å². The number of hydrogen-bond acceptors (Lipinski definition) is 1. The Labute approximate surface area is 137 Å². The van der Waals surface area contributed by atoms with Gasteiger partial charge in [-0.25, -0.2) is 0 Å². The first-order valence-corrected chi connectivity index (χ1v) is 7.82. The zero-order valence-corrected chi connectivity index (χ0v) is 13.0. The van der Waals surface area contributed by atoms with E-state index < -0.39 is 0 Å². The predicted octanol–water partition coefficient (Wildman–Crippen LogP) is 5.30. The van der Waals surface area contributed by atoms with Crippen molar-refractivity contribution < 1.29 is 5.11 Å². The molecular weight excluding hydrogens is 280 g/mol. The van der Waals surface area contributed by atoms with Gasteiger partial charge in [0.15, 0.2) is 0 Å². The molecule has 23 heavy (non-hydrogen) atoms. The smallest absolute Gasteiger partial charge is 0.115 e. The fraction of sp³-hybridized carbons (Fsp3) is 0.0909. The Morgan fingerprint density at radius 3 is 1.91 bits per heavy atom. The van der Waals surface area contributed by atoms with E-state index >= 15 is 0 Å². The van der Waals surface area contributed by atoms with Crippen LogP contribution in [0.5, 0.6) is 5.75 Å². The third kappa shape index (κ3) is 3.35. The van der Waals surface area contributed by atoms with Gasteiger partial charge in [0.1, 0.15) is 5.75 Å². The molecule has 0 aliphatic rings. The second kappa shape index (κ2) is 6.97. The molecule has 0 fully saturated rings. The van der Waals surface area contributed by atoms with Gasteiger partial charge in [0.05, 0.1) is 0 Å². The number of phenolic OH excluding ortho intramolecular Hbond substituents is 1. The van der Waals surface area contributed by atoms with Crippen LogP contribution < -0.4 is 0 Å². The first-order chi connectivity index (χ1) is 11.3. The maximum Gasteiger partial charge on any atom is 0.115 e. The van der Waals surface area contributed by atoms with Gasteiger partial charge >= 0.3 is 0 Å². The summed E-state index contributed by atoms with van der Waals surface area (Å²) in [6, 6.07) is 26.6. The van der Waals surface area contributed by atoms with Crippen LogP contribution in [0.3, 0.4) is 0 Å². The minimum Gasteiger partial charge on any atom is -0.508 e. The van der Waals surface area contributed by atoms with Crippen LogP contribution in [0.2, 0.25) is 0 Å². The van der Waals surface area contributed by atoms with Crippen LogP contribution in [0, 0.1) is 0 Å². The Morgan fingerprint density at radius 2 is 1.39 bits per heavy atom. The summed E-state index contributed by atoms with van der Waals surface area (Å²) in [5.41, 5.74) is 4.81. The van der Waals surface area contributed by atoms with E-state index in [-0.39, 0.29) is 5.92 Å². The Bertz CT molecular complexity index is 736.